The SMILES string of the molecule is CC(C)(C)OC(=O)NC(=Nc1ccc(NC(=S)Nc2ccccc2)cc1)NC(=O)OC(C)(C)C. The van der Waals surface area contributed by atoms with E-state index < -0.39 is 23.4 Å². The number of alkyl carbamates (subject to hydrolysis) is 2. The molecule has 2 rings (SSSR count). The van der Waals surface area contributed by atoms with Gasteiger partial charge in [-0.3, -0.25) is 10.6 Å². The van der Waals surface area contributed by atoms with Crippen LogP contribution in [0.3, 0.4) is 0 Å². The highest BCUT2D eigenvalue weighted by Gasteiger charge is 2.21. The zero-order valence-electron chi connectivity index (χ0n) is 20.2. The lowest BCUT2D eigenvalue weighted by atomic mass is 10.2. The summed E-state index contributed by atoms with van der Waals surface area (Å²) in [6.07, 6.45) is -1.53. The summed E-state index contributed by atoms with van der Waals surface area (Å²) < 4.78 is 10.5. The molecule has 0 heterocycles. The number of rotatable bonds is 3. The van der Waals surface area contributed by atoms with Crippen LogP contribution in [0.25, 0.3) is 0 Å². The summed E-state index contributed by atoms with van der Waals surface area (Å²) in [5.74, 6) is -0.134. The highest BCUT2D eigenvalue weighted by atomic mass is 32.1. The highest BCUT2D eigenvalue weighted by molar-refractivity contribution is 7.80. The Morgan fingerprint density at radius 1 is 0.735 bits per heavy atom. The minimum absolute atomic E-state index is 0.134. The molecule has 0 aromatic heterocycles. The van der Waals surface area contributed by atoms with Crippen molar-refractivity contribution in [3.05, 3.63) is 54.6 Å². The van der Waals surface area contributed by atoms with E-state index in [-0.39, 0.29) is 5.96 Å². The third-order valence-electron chi connectivity index (χ3n) is 3.64. The van der Waals surface area contributed by atoms with Crippen LogP contribution in [0, 0.1) is 0 Å². The first-order valence-electron chi connectivity index (χ1n) is 10.6. The molecule has 0 bridgehead atoms. The van der Waals surface area contributed by atoms with Gasteiger partial charge in [-0.05, 0) is 90.2 Å². The first-order chi connectivity index (χ1) is 15.8. The maximum Gasteiger partial charge on any atom is 0.414 e. The van der Waals surface area contributed by atoms with E-state index in [1.807, 2.05) is 30.3 Å². The van der Waals surface area contributed by atoms with Gasteiger partial charge >= 0.3 is 12.2 Å². The van der Waals surface area contributed by atoms with E-state index in [1.165, 1.54) is 0 Å². The lowest BCUT2D eigenvalue weighted by molar-refractivity contribution is 0.0545. The number of carbonyl (C=O) groups is 2. The number of ether oxygens (including phenoxy) is 2. The molecule has 34 heavy (non-hydrogen) atoms. The molecule has 0 aliphatic rings. The Morgan fingerprint density at radius 3 is 1.62 bits per heavy atom. The van der Waals surface area contributed by atoms with Gasteiger partial charge in [0.1, 0.15) is 11.2 Å². The van der Waals surface area contributed by atoms with Crippen molar-refractivity contribution in [2.45, 2.75) is 52.7 Å². The zero-order chi connectivity index (χ0) is 25.4. The zero-order valence-corrected chi connectivity index (χ0v) is 21.0. The highest BCUT2D eigenvalue weighted by Crippen LogP contribution is 2.17. The Labute approximate surface area is 205 Å². The number of guanidine groups is 1. The molecule has 0 aliphatic heterocycles. The standard InChI is InChI=1S/C24H31N5O4S/c1-23(2,3)32-21(30)28-19(29-22(31)33-24(4,5)6)25-17-12-14-18(15-13-17)27-20(34)26-16-10-8-7-9-11-16/h7-15H,1-6H3,(H2,26,27,34)(H2,25,28,29,30,31). The summed E-state index contributed by atoms with van der Waals surface area (Å²) in [6.45, 7) is 10.4. The van der Waals surface area contributed by atoms with Crippen LogP contribution in [-0.2, 0) is 9.47 Å². The van der Waals surface area contributed by atoms with Crippen LogP contribution in [0.15, 0.2) is 59.6 Å². The molecule has 0 aliphatic carbocycles. The molecule has 0 unspecified atom stereocenters. The summed E-state index contributed by atoms with van der Waals surface area (Å²) >= 11 is 5.33. The van der Waals surface area contributed by atoms with Crippen molar-refractivity contribution >= 4 is 52.5 Å². The number of carbonyl (C=O) groups excluding carboxylic acids is 2. The van der Waals surface area contributed by atoms with E-state index in [9.17, 15) is 9.59 Å². The minimum atomic E-state index is -0.766. The molecule has 2 amide bonds. The van der Waals surface area contributed by atoms with Gasteiger partial charge in [0.25, 0.3) is 0 Å². The fourth-order valence-electron chi connectivity index (χ4n) is 2.45. The van der Waals surface area contributed by atoms with Gasteiger partial charge in [0, 0.05) is 11.4 Å². The normalized spacial score (nSPS) is 11.0. The molecule has 0 fully saturated rings. The molecule has 0 saturated carbocycles. The van der Waals surface area contributed by atoms with Crippen molar-refractivity contribution in [1.82, 2.24) is 10.6 Å². The summed E-state index contributed by atoms with van der Waals surface area (Å²) in [5.41, 5.74) is 0.623. The third-order valence-corrected chi connectivity index (χ3v) is 3.84. The van der Waals surface area contributed by atoms with Gasteiger partial charge in [0.05, 0.1) is 5.69 Å². The van der Waals surface area contributed by atoms with E-state index in [0.717, 1.165) is 11.4 Å². The molecule has 0 saturated heterocycles. The average Bonchev–Trinajstić information content (AvgIpc) is 2.67. The summed E-state index contributed by atoms with van der Waals surface area (Å²) in [4.78, 5) is 28.7. The van der Waals surface area contributed by atoms with Gasteiger partial charge in [0.15, 0.2) is 5.11 Å². The fourth-order valence-corrected chi connectivity index (χ4v) is 2.69. The Kier molecular flexibility index (Phi) is 8.97. The number of para-hydroxylation sites is 1. The van der Waals surface area contributed by atoms with Crippen LogP contribution in [0.1, 0.15) is 41.5 Å². The number of anilines is 2. The fraction of sp³-hybridized carbons (Fsp3) is 0.333. The lowest BCUT2D eigenvalue weighted by Gasteiger charge is -2.22. The molecule has 2 aromatic carbocycles. The second-order valence-electron chi connectivity index (χ2n) is 9.21. The van der Waals surface area contributed by atoms with Gasteiger partial charge in [-0.15, -0.1) is 0 Å². The predicted octanol–water partition coefficient (Wildman–Crippen LogP) is 5.53. The van der Waals surface area contributed by atoms with Crippen molar-refractivity contribution in [3.63, 3.8) is 0 Å². The molecule has 0 atom stereocenters. The van der Waals surface area contributed by atoms with Crippen molar-refractivity contribution < 1.29 is 19.1 Å². The average molecular weight is 486 g/mol. The Hall–Kier alpha value is -3.66. The second kappa shape index (κ2) is 11.5. The quantitative estimate of drug-likeness (QED) is 0.257. The van der Waals surface area contributed by atoms with Crippen LogP contribution in [0.4, 0.5) is 26.7 Å². The number of hydrogen-bond acceptors (Lipinski definition) is 6. The van der Waals surface area contributed by atoms with E-state index in [0.29, 0.717) is 10.8 Å². The number of hydrogen-bond donors (Lipinski definition) is 4. The maximum atomic E-state index is 12.2. The number of benzene rings is 2. The minimum Gasteiger partial charge on any atom is -0.444 e. The van der Waals surface area contributed by atoms with Gasteiger partial charge in [-0.25, -0.2) is 14.6 Å². The van der Waals surface area contributed by atoms with Crippen molar-refractivity contribution in [2.75, 3.05) is 10.6 Å². The molecular formula is C24H31N5O4S. The van der Waals surface area contributed by atoms with Crippen LogP contribution in [0.2, 0.25) is 0 Å². The summed E-state index contributed by atoms with van der Waals surface area (Å²) in [5, 5.41) is 11.5. The molecule has 0 radical (unpaired) electrons. The number of nitrogens with zero attached hydrogens (tertiary/aromatic N) is 1. The first-order valence-corrected chi connectivity index (χ1v) is 11.0. The van der Waals surface area contributed by atoms with E-state index in [1.54, 1.807) is 65.8 Å². The largest absolute Gasteiger partial charge is 0.444 e. The molecule has 2 aromatic rings. The van der Waals surface area contributed by atoms with Gasteiger partial charge in [-0.1, -0.05) is 18.2 Å². The number of aliphatic imine (C=N–C) groups is 1. The molecular weight excluding hydrogens is 454 g/mol. The van der Waals surface area contributed by atoms with Crippen molar-refractivity contribution in [3.8, 4) is 0 Å². The van der Waals surface area contributed by atoms with E-state index >= 15 is 0 Å². The van der Waals surface area contributed by atoms with Gasteiger partial charge in [0.2, 0.25) is 5.96 Å². The Balaban J connectivity index is 2.11. The third kappa shape index (κ3) is 10.8. The molecule has 182 valence electrons. The predicted molar refractivity (Wildman–Crippen MR) is 139 cm³/mol. The smallest absolute Gasteiger partial charge is 0.414 e. The monoisotopic (exact) mass is 485 g/mol. The summed E-state index contributed by atoms with van der Waals surface area (Å²) in [7, 11) is 0. The topological polar surface area (TPSA) is 113 Å². The Morgan fingerprint density at radius 2 is 1.18 bits per heavy atom. The van der Waals surface area contributed by atoms with Crippen molar-refractivity contribution in [2.24, 2.45) is 4.99 Å². The van der Waals surface area contributed by atoms with Crippen LogP contribution in [-0.4, -0.2) is 34.5 Å². The molecule has 10 heteroatoms. The summed E-state index contributed by atoms with van der Waals surface area (Å²) in [6, 6.07) is 16.5. The number of nitrogens with one attached hydrogen (secondary N) is 4. The molecule has 0 spiro atoms. The molecule has 4 N–H and O–H groups in total. The number of thiocarbonyl (C=S) groups is 1. The molecule has 9 nitrogen and oxygen atoms in total. The second-order valence-corrected chi connectivity index (χ2v) is 9.61. The van der Waals surface area contributed by atoms with Crippen LogP contribution >= 0.6 is 12.2 Å². The Bertz CT molecular complexity index is 994. The number of amides is 2. The lowest BCUT2D eigenvalue weighted by Crippen LogP contribution is -2.47. The van der Waals surface area contributed by atoms with E-state index in [2.05, 4.69) is 26.3 Å². The van der Waals surface area contributed by atoms with Gasteiger partial charge in [-0.2, -0.15) is 0 Å². The van der Waals surface area contributed by atoms with Crippen molar-refractivity contribution in [1.29, 1.82) is 0 Å². The van der Waals surface area contributed by atoms with Crippen LogP contribution in [0.5, 0.6) is 0 Å². The van der Waals surface area contributed by atoms with E-state index in [4.69, 9.17) is 21.7 Å². The van der Waals surface area contributed by atoms with Gasteiger partial charge < -0.3 is 20.1 Å². The van der Waals surface area contributed by atoms with Crippen LogP contribution < -0.4 is 21.3 Å². The maximum absolute atomic E-state index is 12.2. The first kappa shape index (κ1) is 26.6.